The fourth-order valence-corrected chi connectivity index (χ4v) is 2.43. The molecular formula is C18H26N2O. The van der Waals surface area contributed by atoms with Gasteiger partial charge < -0.3 is 5.11 Å². The van der Waals surface area contributed by atoms with Crippen molar-refractivity contribution in [2.24, 2.45) is 0 Å². The summed E-state index contributed by atoms with van der Waals surface area (Å²) in [6, 6.07) is 12.6. The van der Waals surface area contributed by atoms with Gasteiger partial charge in [0.1, 0.15) is 0 Å². The first kappa shape index (κ1) is 15.8. The second kappa shape index (κ2) is 6.44. The fourth-order valence-electron chi connectivity index (χ4n) is 2.43. The van der Waals surface area contributed by atoms with Gasteiger partial charge in [0, 0.05) is 24.1 Å². The van der Waals surface area contributed by atoms with Crippen LogP contribution in [0.25, 0.3) is 0 Å². The van der Waals surface area contributed by atoms with Crippen molar-refractivity contribution >= 4 is 0 Å². The van der Waals surface area contributed by atoms with Crippen molar-refractivity contribution in [1.82, 2.24) is 9.78 Å². The molecule has 114 valence electrons. The predicted molar refractivity (Wildman–Crippen MR) is 86.4 cm³/mol. The Morgan fingerprint density at radius 1 is 1.19 bits per heavy atom. The Labute approximate surface area is 127 Å². The van der Waals surface area contributed by atoms with Gasteiger partial charge in [-0.25, -0.2) is 0 Å². The van der Waals surface area contributed by atoms with E-state index in [0.717, 1.165) is 17.7 Å². The highest BCUT2D eigenvalue weighted by molar-refractivity contribution is 5.25. The molecular weight excluding hydrogens is 260 g/mol. The highest BCUT2D eigenvalue weighted by Gasteiger charge is 2.30. The Balaban J connectivity index is 2.10. The lowest BCUT2D eigenvalue weighted by molar-refractivity contribution is 0.0988. The summed E-state index contributed by atoms with van der Waals surface area (Å²) < 4.78 is 1.98. The number of benzene rings is 1. The number of aliphatic hydroxyl groups is 1. The van der Waals surface area contributed by atoms with E-state index in [-0.39, 0.29) is 5.41 Å². The third kappa shape index (κ3) is 3.53. The van der Waals surface area contributed by atoms with E-state index >= 15 is 0 Å². The van der Waals surface area contributed by atoms with Gasteiger partial charge in [0.15, 0.2) is 0 Å². The van der Waals surface area contributed by atoms with E-state index in [1.54, 1.807) is 0 Å². The van der Waals surface area contributed by atoms with Crippen LogP contribution in [-0.4, -0.2) is 21.0 Å². The predicted octanol–water partition coefficient (Wildman–Crippen LogP) is 3.74. The first-order valence-corrected chi connectivity index (χ1v) is 7.72. The molecule has 0 spiro atoms. The zero-order chi connectivity index (χ0) is 15.5. The van der Waals surface area contributed by atoms with E-state index in [9.17, 15) is 5.11 Å². The molecule has 3 nitrogen and oxygen atoms in total. The maximum Gasteiger partial charge on any atom is 0.0687 e. The van der Waals surface area contributed by atoms with Gasteiger partial charge in [-0.2, -0.15) is 5.10 Å². The van der Waals surface area contributed by atoms with Gasteiger partial charge in [-0.3, -0.25) is 4.68 Å². The van der Waals surface area contributed by atoms with Crippen molar-refractivity contribution in [3.8, 4) is 0 Å². The van der Waals surface area contributed by atoms with Crippen LogP contribution in [0.1, 0.15) is 51.4 Å². The van der Waals surface area contributed by atoms with Crippen LogP contribution in [0.3, 0.4) is 0 Å². The summed E-state index contributed by atoms with van der Waals surface area (Å²) in [4.78, 5) is 0. The Bertz CT molecular complexity index is 560. The molecule has 0 aliphatic heterocycles. The molecule has 2 aromatic rings. The lowest BCUT2D eigenvalue weighted by Gasteiger charge is -2.30. The van der Waals surface area contributed by atoms with Crippen molar-refractivity contribution in [3.05, 3.63) is 53.9 Å². The average molecular weight is 286 g/mol. The maximum atomic E-state index is 10.6. The number of hydrogen-bond donors (Lipinski definition) is 1. The second-order valence-electron chi connectivity index (χ2n) is 6.35. The molecule has 0 radical (unpaired) electrons. The molecule has 1 N–H and O–H groups in total. The maximum absolute atomic E-state index is 10.6. The molecule has 1 heterocycles. The number of aliphatic hydroxyl groups excluding tert-OH is 1. The standard InChI is InChI=1S/C18H26N2O/c1-5-14(2)20-12-11-16(19-20)13-17(21)18(3,4)15-9-7-6-8-10-15/h6-12,14,17,21H,5,13H2,1-4H3. The van der Waals surface area contributed by atoms with E-state index < -0.39 is 6.10 Å². The minimum absolute atomic E-state index is 0.290. The van der Waals surface area contributed by atoms with Crippen molar-refractivity contribution in [3.63, 3.8) is 0 Å². The molecule has 2 unspecified atom stereocenters. The van der Waals surface area contributed by atoms with Gasteiger partial charge in [0.2, 0.25) is 0 Å². The normalized spacial score (nSPS) is 14.9. The van der Waals surface area contributed by atoms with Gasteiger partial charge >= 0.3 is 0 Å². The molecule has 0 aliphatic carbocycles. The van der Waals surface area contributed by atoms with Crippen LogP contribution in [0, 0.1) is 0 Å². The molecule has 2 rings (SSSR count). The molecule has 0 bridgehead atoms. The summed E-state index contributed by atoms with van der Waals surface area (Å²) in [5, 5.41) is 15.2. The molecule has 0 saturated carbocycles. The van der Waals surface area contributed by atoms with Crippen LogP contribution in [0.5, 0.6) is 0 Å². The van der Waals surface area contributed by atoms with Crippen LogP contribution in [0.15, 0.2) is 42.6 Å². The lowest BCUT2D eigenvalue weighted by Crippen LogP contribution is -2.35. The minimum atomic E-state index is -0.458. The van der Waals surface area contributed by atoms with Crippen molar-refractivity contribution in [2.45, 2.75) is 58.1 Å². The second-order valence-corrected chi connectivity index (χ2v) is 6.35. The van der Waals surface area contributed by atoms with Crippen LogP contribution >= 0.6 is 0 Å². The Hall–Kier alpha value is -1.61. The van der Waals surface area contributed by atoms with Crippen molar-refractivity contribution in [1.29, 1.82) is 0 Å². The molecule has 0 fully saturated rings. The van der Waals surface area contributed by atoms with Gasteiger partial charge in [-0.15, -0.1) is 0 Å². The number of nitrogens with zero attached hydrogens (tertiary/aromatic N) is 2. The van der Waals surface area contributed by atoms with Crippen LogP contribution in [-0.2, 0) is 11.8 Å². The van der Waals surface area contributed by atoms with E-state index in [2.05, 4.69) is 44.9 Å². The summed E-state index contributed by atoms with van der Waals surface area (Å²) in [6.45, 7) is 8.47. The van der Waals surface area contributed by atoms with E-state index in [1.165, 1.54) is 0 Å². The molecule has 1 aromatic heterocycles. The van der Waals surface area contributed by atoms with Crippen molar-refractivity contribution < 1.29 is 5.11 Å². The first-order chi connectivity index (χ1) is 9.95. The summed E-state index contributed by atoms with van der Waals surface area (Å²) in [7, 11) is 0. The smallest absolute Gasteiger partial charge is 0.0687 e. The highest BCUT2D eigenvalue weighted by Crippen LogP contribution is 2.28. The molecule has 1 aromatic carbocycles. The Kier molecular flexibility index (Phi) is 4.84. The largest absolute Gasteiger partial charge is 0.392 e. The lowest BCUT2D eigenvalue weighted by atomic mass is 9.78. The van der Waals surface area contributed by atoms with Crippen LogP contribution in [0.2, 0.25) is 0 Å². The summed E-state index contributed by atoms with van der Waals surface area (Å²) in [6.07, 6.45) is 3.18. The third-order valence-corrected chi connectivity index (χ3v) is 4.46. The van der Waals surface area contributed by atoms with Crippen LogP contribution in [0.4, 0.5) is 0 Å². The van der Waals surface area contributed by atoms with Gasteiger partial charge in [0.25, 0.3) is 0 Å². The van der Waals surface area contributed by atoms with Gasteiger partial charge in [-0.1, -0.05) is 51.1 Å². The average Bonchev–Trinajstić information content (AvgIpc) is 2.95. The highest BCUT2D eigenvalue weighted by atomic mass is 16.3. The molecule has 21 heavy (non-hydrogen) atoms. The Morgan fingerprint density at radius 3 is 2.48 bits per heavy atom. The van der Waals surface area contributed by atoms with Gasteiger partial charge in [0.05, 0.1) is 11.8 Å². The molecule has 2 atom stereocenters. The van der Waals surface area contributed by atoms with E-state index in [0.29, 0.717) is 12.5 Å². The van der Waals surface area contributed by atoms with Gasteiger partial charge in [-0.05, 0) is 25.0 Å². The first-order valence-electron chi connectivity index (χ1n) is 7.72. The minimum Gasteiger partial charge on any atom is -0.392 e. The summed E-state index contributed by atoms with van der Waals surface area (Å²) >= 11 is 0. The SMILES string of the molecule is CCC(C)n1ccc(CC(O)C(C)(C)c2ccccc2)n1. The molecule has 0 aliphatic rings. The monoisotopic (exact) mass is 286 g/mol. The summed E-state index contributed by atoms with van der Waals surface area (Å²) in [5.41, 5.74) is 1.81. The Morgan fingerprint density at radius 2 is 1.86 bits per heavy atom. The topological polar surface area (TPSA) is 38.0 Å². The summed E-state index contributed by atoms with van der Waals surface area (Å²) in [5.74, 6) is 0. The van der Waals surface area contributed by atoms with E-state index in [1.807, 2.05) is 35.1 Å². The number of rotatable bonds is 6. The quantitative estimate of drug-likeness (QED) is 0.878. The van der Waals surface area contributed by atoms with Crippen molar-refractivity contribution in [2.75, 3.05) is 0 Å². The molecule has 3 heteroatoms. The fraction of sp³-hybridized carbons (Fsp3) is 0.500. The van der Waals surface area contributed by atoms with Crippen LogP contribution < -0.4 is 0 Å². The molecule has 0 amide bonds. The van der Waals surface area contributed by atoms with E-state index in [4.69, 9.17) is 0 Å². The third-order valence-electron chi connectivity index (χ3n) is 4.46. The zero-order valence-electron chi connectivity index (χ0n) is 13.5. The number of hydrogen-bond acceptors (Lipinski definition) is 2. The zero-order valence-corrected chi connectivity index (χ0v) is 13.5. The molecule has 0 saturated heterocycles. The number of aromatic nitrogens is 2.